The third-order valence-electron chi connectivity index (χ3n) is 6.79. The lowest BCUT2D eigenvalue weighted by Crippen LogP contribution is -2.39. The summed E-state index contributed by atoms with van der Waals surface area (Å²) in [6.45, 7) is 6.08. The Kier molecular flexibility index (Phi) is 5.07. The quantitative estimate of drug-likeness (QED) is 0.440. The van der Waals surface area contributed by atoms with Gasteiger partial charge in [0.1, 0.15) is 21.8 Å². The summed E-state index contributed by atoms with van der Waals surface area (Å²) in [4.78, 5) is 38.4. The maximum atomic E-state index is 13.4. The topological polar surface area (TPSA) is 90.5 Å². The van der Waals surface area contributed by atoms with Gasteiger partial charge in [0.25, 0.3) is 5.56 Å². The highest BCUT2D eigenvalue weighted by molar-refractivity contribution is 7.25. The first-order valence-electron chi connectivity index (χ1n) is 11.7. The van der Waals surface area contributed by atoms with Gasteiger partial charge in [-0.15, -0.1) is 11.3 Å². The monoisotopic (exact) mass is 478 g/mol. The highest BCUT2D eigenvalue weighted by atomic mass is 32.1. The van der Waals surface area contributed by atoms with Gasteiger partial charge in [0.05, 0.1) is 30.3 Å². The Hall–Kier alpha value is -3.04. The smallest absolute Gasteiger partial charge is 0.271 e. The Labute approximate surface area is 200 Å². The molecule has 2 aliphatic heterocycles. The minimum Gasteiger partial charge on any atom is -0.463 e. The average molecular weight is 479 g/mol. The molecule has 0 aliphatic carbocycles. The largest absolute Gasteiger partial charge is 0.463 e. The lowest BCUT2D eigenvalue weighted by Gasteiger charge is -2.32. The van der Waals surface area contributed by atoms with Gasteiger partial charge in [-0.2, -0.15) is 0 Å². The van der Waals surface area contributed by atoms with Crippen molar-refractivity contribution in [2.75, 3.05) is 13.1 Å². The van der Waals surface area contributed by atoms with Crippen LogP contribution in [0.4, 0.5) is 0 Å². The first-order valence-corrected chi connectivity index (χ1v) is 12.5. The summed E-state index contributed by atoms with van der Waals surface area (Å²) >= 11 is 1.34. The van der Waals surface area contributed by atoms with Crippen LogP contribution in [0, 0.1) is 0 Å². The van der Waals surface area contributed by atoms with Crippen molar-refractivity contribution >= 4 is 37.7 Å². The lowest BCUT2D eigenvalue weighted by atomic mass is 9.89. The van der Waals surface area contributed by atoms with E-state index in [4.69, 9.17) is 14.1 Å². The summed E-state index contributed by atoms with van der Waals surface area (Å²) in [6.07, 6.45) is 7.01. The molecule has 0 N–H and O–H groups in total. The first-order chi connectivity index (χ1) is 16.4. The number of likely N-dealkylation sites (tertiary alicyclic amines) is 1. The standard InChI is InChI=1S/C25H26N4O4S/c1-25(2)11-15-16(13-33-25)20(17-7-6-10-32-17)27-23-19(15)21-22(34-23)24(31)29(14-26-21)12-18(30)28-8-4-3-5-9-28/h6-7,10,14H,3-5,8-9,11-13H2,1-2H3. The number of pyridine rings is 1. The molecule has 4 aromatic heterocycles. The number of rotatable bonds is 3. The molecule has 6 heterocycles. The predicted octanol–water partition coefficient (Wildman–Crippen LogP) is 4.13. The fourth-order valence-corrected chi connectivity index (χ4v) is 6.12. The molecule has 8 nitrogen and oxygen atoms in total. The number of aromatic nitrogens is 3. The Morgan fingerprint density at radius 2 is 2.03 bits per heavy atom. The molecular formula is C25H26N4O4S. The Morgan fingerprint density at radius 3 is 2.79 bits per heavy atom. The van der Waals surface area contributed by atoms with Gasteiger partial charge in [0, 0.05) is 30.5 Å². The van der Waals surface area contributed by atoms with Crippen LogP contribution >= 0.6 is 11.3 Å². The maximum absolute atomic E-state index is 13.4. The lowest BCUT2D eigenvalue weighted by molar-refractivity contribution is -0.132. The summed E-state index contributed by atoms with van der Waals surface area (Å²) in [5.41, 5.74) is 2.94. The van der Waals surface area contributed by atoms with Gasteiger partial charge in [-0.25, -0.2) is 9.97 Å². The fourth-order valence-electron chi connectivity index (χ4n) is 5.02. The predicted molar refractivity (Wildman–Crippen MR) is 130 cm³/mol. The van der Waals surface area contributed by atoms with Crippen LogP contribution in [-0.2, 0) is 29.1 Å². The molecule has 0 atom stereocenters. The highest BCUT2D eigenvalue weighted by Gasteiger charge is 2.32. The maximum Gasteiger partial charge on any atom is 0.271 e. The van der Waals surface area contributed by atoms with Gasteiger partial charge in [0.2, 0.25) is 5.91 Å². The van der Waals surface area contributed by atoms with Crippen molar-refractivity contribution in [3.05, 3.63) is 46.2 Å². The molecule has 0 radical (unpaired) electrons. The van der Waals surface area contributed by atoms with Gasteiger partial charge in [-0.3, -0.25) is 14.2 Å². The molecule has 4 aromatic rings. The molecule has 0 saturated carbocycles. The van der Waals surface area contributed by atoms with Gasteiger partial charge < -0.3 is 14.1 Å². The molecule has 6 rings (SSSR count). The van der Waals surface area contributed by atoms with Gasteiger partial charge >= 0.3 is 0 Å². The molecule has 2 aliphatic rings. The Bertz CT molecular complexity index is 1460. The second kappa shape index (κ2) is 8.02. The summed E-state index contributed by atoms with van der Waals surface area (Å²) in [7, 11) is 0. The van der Waals surface area contributed by atoms with Crippen molar-refractivity contribution in [2.45, 2.75) is 58.3 Å². The van der Waals surface area contributed by atoms with E-state index in [1.807, 2.05) is 17.0 Å². The van der Waals surface area contributed by atoms with Crippen LogP contribution in [-0.4, -0.2) is 44.0 Å². The number of fused-ring (bicyclic) bond motifs is 5. The molecule has 0 spiro atoms. The Balaban J connectivity index is 1.50. The highest BCUT2D eigenvalue weighted by Crippen LogP contribution is 2.42. The van der Waals surface area contributed by atoms with Crippen LogP contribution in [0.3, 0.4) is 0 Å². The fraction of sp³-hybridized carbons (Fsp3) is 0.440. The minimum atomic E-state index is -0.341. The van der Waals surface area contributed by atoms with Crippen molar-refractivity contribution < 1.29 is 13.9 Å². The molecule has 9 heteroatoms. The Morgan fingerprint density at radius 1 is 1.21 bits per heavy atom. The molecule has 0 aromatic carbocycles. The van der Waals surface area contributed by atoms with Crippen LogP contribution in [0.2, 0.25) is 0 Å². The summed E-state index contributed by atoms with van der Waals surface area (Å²) in [5.74, 6) is 0.648. The second-order valence-corrected chi connectivity index (χ2v) is 10.7. The van der Waals surface area contributed by atoms with E-state index in [1.165, 1.54) is 22.2 Å². The van der Waals surface area contributed by atoms with E-state index in [2.05, 4.69) is 18.8 Å². The van der Waals surface area contributed by atoms with Crippen molar-refractivity contribution in [2.24, 2.45) is 0 Å². The zero-order valence-electron chi connectivity index (χ0n) is 19.3. The van der Waals surface area contributed by atoms with E-state index in [1.54, 1.807) is 6.26 Å². The summed E-state index contributed by atoms with van der Waals surface area (Å²) in [5, 5.41) is 0.910. The molecule has 34 heavy (non-hydrogen) atoms. The number of carbonyl (C=O) groups is 1. The van der Waals surface area contributed by atoms with Gasteiger partial charge in [-0.05, 0) is 50.8 Å². The third-order valence-corrected chi connectivity index (χ3v) is 7.85. The summed E-state index contributed by atoms with van der Waals surface area (Å²) in [6, 6.07) is 3.73. The van der Waals surface area contributed by atoms with Crippen LogP contribution in [0.5, 0.6) is 0 Å². The number of nitrogens with zero attached hydrogens (tertiary/aromatic N) is 4. The summed E-state index contributed by atoms with van der Waals surface area (Å²) < 4.78 is 13.7. The van der Waals surface area contributed by atoms with Crippen molar-refractivity contribution in [1.82, 2.24) is 19.4 Å². The molecule has 1 amide bonds. The van der Waals surface area contributed by atoms with Crippen molar-refractivity contribution in [1.29, 1.82) is 0 Å². The van der Waals surface area contributed by atoms with E-state index < -0.39 is 0 Å². The minimum absolute atomic E-state index is 0.0140. The molecule has 1 saturated heterocycles. The van der Waals surface area contributed by atoms with Crippen molar-refractivity contribution in [3.8, 4) is 11.5 Å². The molecule has 1 fully saturated rings. The zero-order valence-corrected chi connectivity index (χ0v) is 20.1. The van der Waals surface area contributed by atoms with E-state index >= 15 is 0 Å². The first kappa shape index (κ1) is 21.5. The van der Waals surface area contributed by atoms with Gasteiger partial charge in [-0.1, -0.05) is 0 Å². The van der Waals surface area contributed by atoms with Crippen LogP contribution < -0.4 is 5.56 Å². The molecule has 0 bridgehead atoms. The second-order valence-electron chi connectivity index (χ2n) is 9.70. The SMILES string of the molecule is CC1(C)Cc2c(c(-c3ccco3)nc3sc4c(=O)n(CC(=O)N5CCCCC5)cnc4c23)CO1. The van der Waals surface area contributed by atoms with Crippen LogP contribution in [0.1, 0.15) is 44.2 Å². The van der Waals surface area contributed by atoms with E-state index in [0.29, 0.717) is 29.0 Å². The van der Waals surface area contributed by atoms with Crippen LogP contribution in [0.15, 0.2) is 33.9 Å². The number of carbonyl (C=O) groups excluding carboxylic acids is 1. The average Bonchev–Trinajstić information content (AvgIpc) is 3.49. The van der Waals surface area contributed by atoms with E-state index in [0.717, 1.165) is 59.4 Å². The molecule has 176 valence electrons. The number of ether oxygens (including phenoxy) is 1. The number of piperidine rings is 1. The molecule has 0 unspecified atom stereocenters. The number of amides is 1. The van der Waals surface area contributed by atoms with Gasteiger partial charge in [0.15, 0.2) is 5.76 Å². The third kappa shape index (κ3) is 3.54. The zero-order chi connectivity index (χ0) is 23.4. The number of thiophene rings is 1. The number of hydrogen-bond acceptors (Lipinski definition) is 7. The van der Waals surface area contributed by atoms with E-state index in [9.17, 15) is 9.59 Å². The van der Waals surface area contributed by atoms with E-state index in [-0.39, 0.29) is 23.6 Å². The van der Waals surface area contributed by atoms with Crippen molar-refractivity contribution in [3.63, 3.8) is 0 Å². The number of furan rings is 1. The number of hydrogen-bond donors (Lipinski definition) is 0. The molecular weight excluding hydrogens is 452 g/mol. The normalized spacial score (nSPS) is 17.9. The van der Waals surface area contributed by atoms with Crippen LogP contribution in [0.25, 0.3) is 31.9 Å².